The van der Waals surface area contributed by atoms with E-state index in [1.165, 1.54) is 6.42 Å². The highest BCUT2D eigenvalue weighted by molar-refractivity contribution is 5.79. The minimum Gasteiger partial charge on any atom is -0.464 e. The Balaban J connectivity index is 2.81. The monoisotopic (exact) mass is 242 g/mol. The zero-order valence-corrected chi connectivity index (χ0v) is 11.6. The number of carbonyl (C=O) groups excluding carboxylic acids is 1. The molecule has 0 amide bonds. The number of ether oxygens (including phenoxy) is 1. The summed E-state index contributed by atoms with van der Waals surface area (Å²) in [7, 11) is 0. The Kier molecular flexibility index (Phi) is 4.59. The summed E-state index contributed by atoms with van der Waals surface area (Å²) in [6.45, 7) is 8.38. The molecular formula is C14H26O3. The summed E-state index contributed by atoms with van der Waals surface area (Å²) >= 11 is 0. The van der Waals surface area contributed by atoms with Gasteiger partial charge in [0.25, 0.3) is 0 Å². The van der Waals surface area contributed by atoms with E-state index in [2.05, 4.69) is 13.8 Å². The Labute approximate surface area is 105 Å². The van der Waals surface area contributed by atoms with E-state index < -0.39 is 11.6 Å². The van der Waals surface area contributed by atoms with Crippen LogP contribution in [-0.4, -0.2) is 23.3 Å². The lowest BCUT2D eigenvalue weighted by Crippen LogP contribution is -2.49. The highest BCUT2D eigenvalue weighted by Crippen LogP contribution is 2.44. The van der Waals surface area contributed by atoms with Crippen molar-refractivity contribution in [2.75, 3.05) is 6.61 Å². The van der Waals surface area contributed by atoms with Crippen molar-refractivity contribution in [1.29, 1.82) is 0 Å². The third kappa shape index (κ3) is 3.21. The highest BCUT2D eigenvalue weighted by Gasteiger charge is 2.46. The van der Waals surface area contributed by atoms with Crippen LogP contribution in [0.2, 0.25) is 0 Å². The lowest BCUT2D eigenvalue weighted by Gasteiger charge is -2.42. The highest BCUT2D eigenvalue weighted by atomic mass is 16.5. The number of hydrogen-bond acceptors (Lipinski definition) is 3. The van der Waals surface area contributed by atoms with E-state index >= 15 is 0 Å². The first-order valence-corrected chi connectivity index (χ1v) is 6.75. The van der Waals surface area contributed by atoms with Crippen LogP contribution in [0.1, 0.15) is 59.8 Å². The molecule has 0 aromatic heterocycles. The summed E-state index contributed by atoms with van der Waals surface area (Å²) in [5.41, 5.74) is -1.06. The maximum atomic E-state index is 11.9. The van der Waals surface area contributed by atoms with E-state index in [9.17, 15) is 9.90 Å². The predicted octanol–water partition coefficient (Wildman–Crippen LogP) is 2.91. The molecule has 0 saturated heterocycles. The van der Waals surface area contributed by atoms with Gasteiger partial charge in [-0.15, -0.1) is 0 Å². The van der Waals surface area contributed by atoms with Crippen LogP contribution >= 0.6 is 0 Å². The van der Waals surface area contributed by atoms with Crippen molar-refractivity contribution in [3.8, 4) is 0 Å². The van der Waals surface area contributed by atoms with Gasteiger partial charge in [-0.3, -0.25) is 0 Å². The molecule has 0 aromatic rings. The Bertz CT molecular complexity index is 273. The molecule has 0 spiro atoms. The van der Waals surface area contributed by atoms with Crippen molar-refractivity contribution in [2.24, 2.45) is 11.3 Å². The molecule has 0 radical (unpaired) electrons. The smallest absolute Gasteiger partial charge is 0.338 e. The fourth-order valence-corrected chi connectivity index (χ4v) is 2.96. The molecule has 0 aromatic carbocycles. The third-order valence-electron chi connectivity index (χ3n) is 4.05. The molecule has 1 saturated carbocycles. The summed E-state index contributed by atoms with van der Waals surface area (Å²) in [5, 5.41) is 10.6. The van der Waals surface area contributed by atoms with Crippen LogP contribution in [-0.2, 0) is 9.53 Å². The second kappa shape index (κ2) is 5.38. The van der Waals surface area contributed by atoms with Crippen LogP contribution in [0.5, 0.6) is 0 Å². The van der Waals surface area contributed by atoms with E-state index in [0.29, 0.717) is 13.0 Å². The van der Waals surface area contributed by atoms with Crippen LogP contribution in [0, 0.1) is 11.3 Å². The fraction of sp³-hybridized carbons (Fsp3) is 0.929. The lowest BCUT2D eigenvalue weighted by molar-refractivity contribution is -0.175. The van der Waals surface area contributed by atoms with Gasteiger partial charge in [0, 0.05) is 0 Å². The number of aliphatic hydroxyl groups is 1. The Morgan fingerprint density at radius 1 is 1.47 bits per heavy atom. The predicted molar refractivity (Wildman–Crippen MR) is 67.6 cm³/mol. The van der Waals surface area contributed by atoms with Gasteiger partial charge < -0.3 is 9.84 Å². The molecule has 1 N–H and O–H groups in total. The molecule has 1 aliphatic carbocycles. The molecule has 3 nitrogen and oxygen atoms in total. The van der Waals surface area contributed by atoms with Gasteiger partial charge in [-0.1, -0.05) is 27.2 Å². The zero-order valence-electron chi connectivity index (χ0n) is 11.6. The number of hydrogen-bond donors (Lipinski definition) is 1. The van der Waals surface area contributed by atoms with Crippen molar-refractivity contribution in [3.63, 3.8) is 0 Å². The molecule has 100 valence electrons. The molecular weight excluding hydrogens is 216 g/mol. The number of carbonyl (C=O) groups is 1. The van der Waals surface area contributed by atoms with E-state index in [1.54, 1.807) is 6.92 Å². The van der Waals surface area contributed by atoms with Gasteiger partial charge >= 0.3 is 5.97 Å². The van der Waals surface area contributed by atoms with E-state index in [0.717, 1.165) is 19.3 Å². The molecule has 1 rings (SSSR count). The molecule has 2 atom stereocenters. The van der Waals surface area contributed by atoms with Crippen molar-refractivity contribution >= 4 is 5.97 Å². The molecule has 2 unspecified atom stereocenters. The van der Waals surface area contributed by atoms with Crippen molar-refractivity contribution in [2.45, 2.75) is 65.4 Å². The average molecular weight is 242 g/mol. The van der Waals surface area contributed by atoms with Crippen LogP contribution in [0.25, 0.3) is 0 Å². The number of esters is 1. The standard InChI is InChI=1S/C14H26O3/c1-5-14(16,12(15)17-6-2)11-8-7-9-13(3,4)10-11/h11,16H,5-10H2,1-4H3. The van der Waals surface area contributed by atoms with Gasteiger partial charge in [-0.25, -0.2) is 4.79 Å². The van der Waals surface area contributed by atoms with Crippen molar-refractivity contribution in [1.82, 2.24) is 0 Å². The van der Waals surface area contributed by atoms with E-state index in [1.807, 2.05) is 6.92 Å². The second-order valence-corrected chi connectivity index (χ2v) is 5.96. The van der Waals surface area contributed by atoms with Crippen LogP contribution < -0.4 is 0 Å². The van der Waals surface area contributed by atoms with Crippen LogP contribution in [0.3, 0.4) is 0 Å². The Morgan fingerprint density at radius 3 is 2.59 bits per heavy atom. The molecule has 1 aliphatic rings. The third-order valence-corrected chi connectivity index (χ3v) is 4.05. The molecule has 0 heterocycles. The van der Waals surface area contributed by atoms with Crippen LogP contribution in [0.4, 0.5) is 0 Å². The van der Waals surface area contributed by atoms with Gasteiger partial charge in [0.1, 0.15) is 0 Å². The summed E-state index contributed by atoms with van der Waals surface area (Å²) < 4.78 is 5.03. The van der Waals surface area contributed by atoms with Gasteiger partial charge in [-0.2, -0.15) is 0 Å². The summed E-state index contributed by atoms with van der Waals surface area (Å²) in [6, 6.07) is 0. The van der Waals surface area contributed by atoms with E-state index in [-0.39, 0.29) is 11.3 Å². The first-order chi connectivity index (χ1) is 7.85. The molecule has 1 fully saturated rings. The van der Waals surface area contributed by atoms with Crippen molar-refractivity contribution < 1.29 is 14.6 Å². The van der Waals surface area contributed by atoms with E-state index in [4.69, 9.17) is 4.74 Å². The zero-order chi connectivity index (χ0) is 13.1. The van der Waals surface area contributed by atoms with Crippen molar-refractivity contribution in [3.05, 3.63) is 0 Å². The Morgan fingerprint density at radius 2 is 2.12 bits per heavy atom. The second-order valence-electron chi connectivity index (χ2n) is 5.96. The van der Waals surface area contributed by atoms with Gasteiger partial charge in [0.05, 0.1) is 6.61 Å². The first kappa shape index (κ1) is 14.5. The number of rotatable bonds is 4. The average Bonchev–Trinajstić information content (AvgIpc) is 2.27. The topological polar surface area (TPSA) is 46.5 Å². The van der Waals surface area contributed by atoms with Gasteiger partial charge in [-0.05, 0) is 43.9 Å². The fourth-order valence-electron chi connectivity index (χ4n) is 2.96. The van der Waals surface area contributed by atoms with Gasteiger partial charge in [0.15, 0.2) is 5.60 Å². The largest absolute Gasteiger partial charge is 0.464 e. The SMILES string of the molecule is CCOC(=O)C(O)(CC)C1CCCC(C)(C)C1. The first-order valence-electron chi connectivity index (χ1n) is 6.75. The quantitative estimate of drug-likeness (QED) is 0.771. The molecule has 17 heavy (non-hydrogen) atoms. The summed E-state index contributed by atoms with van der Waals surface area (Å²) in [6.07, 6.45) is 4.51. The molecule has 3 heteroatoms. The summed E-state index contributed by atoms with van der Waals surface area (Å²) in [4.78, 5) is 11.9. The minimum absolute atomic E-state index is 0.0373. The minimum atomic E-state index is -1.28. The maximum absolute atomic E-state index is 11.9. The summed E-state index contributed by atoms with van der Waals surface area (Å²) in [5.74, 6) is -0.402. The van der Waals surface area contributed by atoms with Crippen LogP contribution in [0.15, 0.2) is 0 Å². The molecule has 0 bridgehead atoms. The maximum Gasteiger partial charge on any atom is 0.338 e. The lowest BCUT2D eigenvalue weighted by atomic mass is 9.66. The Hall–Kier alpha value is -0.570. The normalized spacial score (nSPS) is 27.2. The van der Waals surface area contributed by atoms with Gasteiger partial charge in [0.2, 0.25) is 0 Å². The molecule has 0 aliphatic heterocycles.